The Bertz CT molecular complexity index is 621. The minimum atomic E-state index is -0.338. The third-order valence-electron chi connectivity index (χ3n) is 3.47. The molecule has 1 aliphatic heterocycles. The van der Waals surface area contributed by atoms with Crippen LogP contribution in [0.5, 0.6) is 5.75 Å². The molecular formula is C19H24O5S. The van der Waals surface area contributed by atoms with Gasteiger partial charge in [0, 0.05) is 6.61 Å². The molecule has 1 aliphatic rings. The molecule has 0 saturated carbocycles. The lowest BCUT2D eigenvalue weighted by Crippen LogP contribution is -2.25. The van der Waals surface area contributed by atoms with Crippen LogP contribution in [-0.2, 0) is 19.0 Å². The van der Waals surface area contributed by atoms with Crippen molar-refractivity contribution in [1.82, 2.24) is 0 Å². The molecule has 0 aliphatic carbocycles. The third kappa shape index (κ3) is 6.14. The van der Waals surface area contributed by atoms with Gasteiger partial charge in [0.05, 0.1) is 19.5 Å². The minimum Gasteiger partial charge on any atom is -0.497 e. The van der Waals surface area contributed by atoms with Crippen molar-refractivity contribution >= 4 is 23.8 Å². The molecule has 0 spiro atoms. The van der Waals surface area contributed by atoms with Crippen LogP contribution in [0.4, 0.5) is 0 Å². The highest BCUT2D eigenvalue weighted by Gasteiger charge is 2.25. The summed E-state index contributed by atoms with van der Waals surface area (Å²) in [5.74, 6) is 1.64. The van der Waals surface area contributed by atoms with E-state index >= 15 is 0 Å². The van der Waals surface area contributed by atoms with Gasteiger partial charge in [-0.25, -0.2) is 4.79 Å². The summed E-state index contributed by atoms with van der Waals surface area (Å²) in [6.45, 7) is 4.59. The Balaban J connectivity index is 1.74. The fourth-order valence-electron chi connectivity index (χ4n) is 2.23. The zero-order valence-electron chi connectivity index (χ0n) is 14.8. The van der Waals surface area contributed by atoms with Crippen molar-refractivity contribution in [1.29, 1.82) is 0 Å². The monoisotopic (exact) mass is 364 g/mol. The van der Waals surface area contributed by atoms with Crippen LogP contribution in [0.25, 0.3) is 6.08 Å². The topological polar surface area (TPSA) is 54.0 Å². The van der Waals surface area contributed by atoms with E-state index < -0.39 is 0 Å². The molecule has 5 nitrogen and oxygen atoms in total. The maximum absolute atomic E-state index is 12.1. The molecule has 136 valence electrons. The van der Waals surface area contributed by atoms with E-state index in [0.29, 0.717) is 36.1 Å². The molecular weight excluding hydrogens is 340 g/mol. The van der Waals surface area contributed by atoms with Crippen molar-refractivity contribution in [2.24, 2.45) is 0 Å². The first-order valence-electron chi connectivity index (χ1n) is 8.23. The fourth-order valence-corrected chi connectivity index (χ4v) is 3.12. The number of thioether (sulfide) groups is 1. The van der Waals surface area contributed by atoms with E-state index in [4.69, 9.17) is 18.9 Å². The number of carbonyl (C=O) groups excluding carboxylic acids is 1. The summed E-state index contributed by atoms with van der Waals surface area (Å²) in [7, 11) is 1.64. The zero-order chi connectivity index (χ0) is 18.1. The van der Waals surface area contributed by atoms with Crippen LogP contribution in [-0.4, -0.2) is 38.3 Å². The molecule has 0 aromatic heterocycles. The van der Waals surface area contributed by atoms with Crippen molar-refractivity contribution in [3.8, 4) is 5.75 Å². The van der Waals surface area contributed by atoms with Gasteiger partial charge in [-0.3, -0.25) is 0 Å². The molecule has 0 N–H and O–H groups in total. The Hall–Kier alpha value is -1.92. The van der Waals surface area contributed by atoms with E-state index in [1.807, 2.05) is 43.3 Å². The maximum atomic E-state index is 12.1. The molecule has 1 aromatic carbocycles. The highest BCUT2D eigenvalue weighted by Crippen LogP contribution is 2.30. The van der Waals surface area contributed by atoms with Gasteiger partial charge >= 0.3 is 5.97 Å². The Morgan fingerprint density at radius 2 is 2.12 bits per heavy atom. The largest absolute Gasteiger partial charge is 0.497 e. The number of hydrogen-bond acceptors (Lipinski definition) is 6. The molecule has 0 fully saturated rings. The Morgan fingerprint density at radius 1 is 1.36 bits per heavy atom. The van der Waals surface area contributed by atoms with Gasteiger partial charge in [0.15, 0.2) is 0 Å². The van der Waals surface area contributed by atoms with E-state index in [9.17, 15) is 4.79 Å². The fraction of sp³-hybridized carbons (Fsp3) is 0.421. The molecule has 0 amide bonds. The summed E-state index contributed by atoms with van der Waals surface area (Å²) in [5, 5.41) is 0. The highest BCUT2D eigenvalue weighted by atomic mass is 32.2. The molecule has 6 heteroatoms. The predicted molar refractivity (Wildman–Crippen MR) is 99.3 cm³/mol. The molecule has 25 heavy (non-hydrogen) atoms. The average molecular weight is 364 g/mol. The summed E-state index contributed by atoms with van der Waals surface area (Å²) in [5.41, 5.74) is 1.07. The van der Waals surface area contributed by atoms with Gasteiger partial charge in [-0.2, -0.15) is 0 Å². The molecule has 1 unspecified atom stereocenters. The van der Waals surface area contributed by atoms with Gasteiger partial charge in [-0.05, 0) is 38.0 Å². The normalized spacial score (nSPS) is 17.5. The molecule has 1 atom stereocenters. The number of allylic oxidation sites excluding steroid dienone is 1. The minimum absolute atomic E-state index is 0.293. The Labute approximate surface area is 153 Å². The maximum Gasteiger partial charge on any atom is 0.348 e. The Kier molecular flexibility index (Phi) is 7.88. The van der Waals surface area contributed by atoms with Crippen LogP contribution in [0.15, 0.2) is 41.0 Å². The van der Waals surface area contributed by atoms with Gasteiger partial charge in [-0.15, -0.1) is 11.8 Å². The number of esters is 1. The number of ether oxygens (including phenoxy) is 4. The molecule has 1 aromatic rings. The molecule has 0 saturated heterocycles. The van der Waals surface area contributed by atoms with Crippen LogP contribution in [0.1, 0.15) is 25.8 Å². The van der Waals surface area contributed by atoms with Crippen LogP contribution in [0, 0.1) is 0 Å². The quantitative estimate of drug-likeness (QED) is 0.513. The second-order valence-corrected chi connectivity index (χ2v) is 6.33. The summed E-state index contributed by atoms with van der Waals surface area (Å²) in [4.78, 5) is 12.6. The van der Waals surface area contributed by atoms with E-state index in [1.54, 1.807) is 14.0 Å². The average Bonchev–Trinajstić information content (AvgIpc) is 2.62. The first-order chi connectivity index (χ1) is 12.1. The van der Waals surface area contributed by atoms with Crippen molar-refractivity contribution < 1.29 is 23.7 Å². The van der Waals surface area contributed by atoms with E-state index in [-0.39, 0.29) is 12.3 Å². The van der Waals surface area contributed by atoms with Crippen LogP contribution < -0.4 is 4.74 Å². The lowest BCUT2D eigenvalue weighted by Gasteiger charge is -2.25. The Morgan fingerprint density at radius 3 is 2.76 bits per heavy atom. The van der Waals surface area contributed by atoms with Gasteiger partial charge in [0.2, 0.25) is 6.29 Å². The summed E-state index contributed by atoms with van der Waals surface area (Å²) >= 11 is 1.42. The van der Waals surface area contributed by atoms with Crippen LogP contribution in [0.3, 0.4) is 0 Å². The number of carbonyl (C=O) groups is 1. The molecule has 0 bridgehead atoms. The predicted octanol–water partition coefficient (Wildman–Crippen LogP) is 4.00. The van der Waals surface area contributed by atoms with Crippen molar-refractivity contribution in [3.05, 3.63) is 46.6 Å². The summed E-state index contributed by atoms with van der Waals surface area (Å²) in [6, 6.07) is 7.76. The summed E-state index contributed by atoms with van der Waals surface area (Å²) < 4.78 is 21.4. The van der Waals surface area contributed by atoms with E-state index in [1.165, 1.54) is 11.8 Å². The standard InChI is InChI=1S/C19H24O5S/c1-4-22-17-13-25-18(14(2)24-17)19(20)23-12-6-5-7-15-8-10-16(21-3)11-9-15/h5,7-11,17H,4,6,12-13H2,1-3H3/b7-5+. The number of rotatable bonds is 8. The second-order valence-electron chi connectivity index (χ2n) is 5.30. The third-order valence-corrected chi connectivity index (χ3v) is 4.66. The zero-order valence-corrected chi connectivity index (χ0v) is 15.6. The highest BCUT2D eigenvalue weighted by molar-refractivity contribution is 8.04. The van der Waals surface area contributed by atoms with E-state index in [0.717, 1.165) is 11.3 Å². The number of benzene rings is 1. The first kappa shape index (κ1) is 19.4. The number of methoxy groups -OCH3 is 1. The second kappa shape index (κ2) is 10.2. The van der Waals surface area contributed by atoms with Crippen molar-refractivity contribution in [2.75, 3.05) is 26.1 Å². The van der Waals surface area contributed by atoms with Crippen molar-refractivity contribution in [3.63, 3.8) is 0 Å². The smallest absolute Gasteiger partial charge is 0.348 e. The molecule has 1 heterocycles. The molecule has 2 rings (SSSR count). The first-order valence-corrected chi connectivity index (χ1v) is 9.22. The van der Waals surface area contributed by atoms with Crippen molar-refractivity contribution in [2.45, 2.75) is 26.6 Å². The van der Waals surface area contributed by atoms with Gasteiger partial charge in [0.25, 0.3) is 0 Å². The van der Waals surface area contributed by atoms with Gasteiger partial charge < -0.3 is 18.9 Å². The van der Waals surface area contributed by atoms with Gasteiger partial charge in [-0.1, -0.05) is 24.3 Å². The number of hydrogen-bond donors (Lipinski definition) is 0. The van der Waals surface area contributed by atoms with Crippen LogP contribution in [0.2, 0.25) is 0 Å². The molecule has 0 radical (unpaired) electrons. The van der Waals surface area contributed by atoms with Gasteiger partial charge in [0.1, 0.15) is 16.4 Å². The SMILES string of the molecule is CCOC1CSC(C(=O)OCC/C=C/c2ccc(OC)cc2)=C(C)O1. The summed E-state index contributed by atoms with van der Waals surface area (Å²) in [6.07, 6.45) is 4.32. The lowest BCUT2D eigenvalue weighted by atomic mass is 10.2. The van der Waals surface area contributed by atoms with Crippen LogP contribution >= 0.6 is 11.8 Å². The van der Waals surface area contributed by atoms with E-state index in [2.05, 4.69) is 0 Å². The lowest BCUT2D eigenvalue weighted by molar-refractivity contribution is -0.139.